The quantitative estimate of drug-likeness (QED) is 0.225. The summed E-state index contributed by atoms with van der Waals surface area (Å²) in [4.78, 5) is 35.5. The van der Waals surface area contributed by atoms with E-state index in [4.69, 9.17) is 21.2 Å². The molecule has 4 fully saturated rings. The summed E-state index contributed by atoms with van der Waals surface area (Å²) in [5.41, 5.74) is 4.57. The van der Waals surface area contributed by atoms with Crippen molar-refractivity contribution in [3.63, 3.8) is 0 Å². The first kappa shape index (κ1) is 34.5. The predicted octanol–water partition coefficient (Wildman–Crippen LogP) is 6.21. The Kier molecular flexibility index (Phi) is 10.5. The number of halogens is 1. The fourth-order valence-electron chi connectivity index (χ4n) is 7.88. The number of nitrogens with one attached hydrogen (secondary N) is 2. The molecule has 11 nitrogen and oxygen atoms in total. The molecule has 0 spiro atoms. The van der Waals surface area contributed by atoms with Crippen LogP contribution in [0, 0.1) is 6.92 Å². The Hall–Kier alpha value is -3.90. The molecule has 0 radical (unpaired) electrons. The third-order valence-corrected chi connectivity index (χ3v) is 11.2. The minimum atomic E-state index is -0.267. The molecule has 1 amide bonds. The molecule has 2 N–H and O–H groups in total. The van der Waals surface area contributed by atoms with E-state index < -0.39 is 0 Å². The van der Waals surface area contributed by atoms with Gasteiger partial charge in [-0.15, -0.1) is 0 Å². The molecule has 1 aliphatic carbocycles. The zero-order chi connectivity index (χ0) is 34.8. The van der Waals surface area contributed by atoms with Crippen molar-refractivity contribution in [1.82, 2.24) is 19.8 Å². The number of nitrogens with zero attached hydrogens (tertiary/aromatic N) is 6. The number of piperazine rings is 1. The van der Waals surface area contributed by atoms with Crippen LogP contribution in [0.3, 0.4) is 0 Å². The molecule has 4 aliphatic rings. The summed E-state index contributed by atoms with van der Waals surface area (Å²) in [5.74, 6) is 1.62. The van der Waals surface area contributed by atoms with Crippen LogP contribution in [0.25, 0.3) is 0 Å². The largest absolute Gasteiger partial charge is 0.494 e. The molecule has 12 heteroatoms. The van der Waals surface area contributed by atoms with Crippen LogP contribution >= 0.6 is 11.6 Å². The van der Waals surface area contributed by atoms with E-state index in [0.29, 0.717) is 47.5 Å². The first-order valence-corrected chi connectivity index (χ1v) is 18.3. The summed E-state index contributed by atoms with van der Waals surface area (Å²) < 4.78 is 5.91. The maximum atomic E-state index is 12.6. The Morgan fingerprint density at radius 1 is 1.06 bits per heavy atom. The van der Waals surface area contributed by atoms with Crippen molar-refractivity contribution in [3.05, 3.63) is 71.5 Å². The molecule has 0 unspecified atom stereocenters. The Bertz CT molecular complexity index is 1690. The molecule has 266 valence electrons. The molecule has 1 saturated carbocycles. The molecule has 0 bridgehead atoms. The lowest BCUT2D eigenvalue weighted by atomic mass is 9.99. The van der Waals surface area contributed by atoms with Gasteiger partial charge in [0, 0.05) is 68.0 Å². The summed E-state index contributed by atoms with van der Waals surface area (Å²) in [6.45, 7) is 14.0. The van der Waals surface area contributed by atoms with Crippen LogP contribution in [-0.4, -0.2) is 96.3 Å². The lowest BCUT2D eigenvalue weighted by Gasteiger charge is -2.46. The second kappa shape index (κ2) is 15.1. The topological polar surface area (TPSA) is 98.3 Å². The number of ether oxygens (including phenoxy) is 1. The summed E-state index contributed by atoms with van der Waals surface area (Å²) in [7, 11) is 1.66. The van der Waals surface area contributed by atoms with Crippen LogP contribution in [0.2, 0.25) is 5.02 Å². The van der Waals surface area contributed by atoms with Gasteiger partial charge >= 0.3 is 0 Å². The highest BCUT2D eigenvalue weighted by Crippen LogP contribution is 2.40. The third kappa shape index (κ3) is 7.56. The zero-order valence-electron chi connectivity index (χ0n) is 29.4. The number of carbonyl (C=O) groups is 1. The van der Waals surface area contributed by atoms with E-state index in [-0.39, 0.29) is 11.9 Å². The summed E-state index contributed by atoms with van der Waals surface area (Å²) in [6.07, 6.45) is 9.36. The van der Waals surface area contributed by atoms with Crippen LogP contribution in [0.15, 0.2) is 55.4 Å². The van der Waals surface area contributed by atoms with E-state index in [9.17, 15) is 4.79 Å². The maximum Gasteiger partial charge on any atom is 0.247 e. The van der Waals surface area contributed by atoms with Crippen LogP contribution in [0.4, 0.5) is 28.7 Å². The summed E-state index contributed by atoms with van der Waals surface area (Å²) in [5, 5.41) is 9.11. The lowest BCUT2D eigenvalue weighted by Crippen LogP contribution is -2.57. The highest BCUT2D eigenvalue weighted by molar-refractivity contribution is 6.31. The number of hydroxylamine groups is 1. The fourth-order valence-corrected chi connectivity index (χ4v) is 8.08. The highest BCUT2D eigenvalue weighted by Gasteiger charge is 2.37. The number of methoxy groups -OCH3 is 1. The van der Waals surface area contributed by atoms with Crippen LogP contribution in [0.1, 0.15) is 50.2 Å². The van der Waals surface area contributed by atoms with Gasteiger partial charge in [-0.2, -0.15) is 0 Å². The van der Waals surface area contributed by atoms with Gasteiger partial charge in [-0.25, -0.2) is 15.0 Å². The van der Waals surface area contributed by atoms with Crippen LogP contribution in [0.5, 0.6) is 5.75 Å². The molecule has 3 saturated heterocycles. The normalized spacial score (nSPS) is 22.1. The van der Waals surface area contributed by atoms with Crippen molar-refractivity contribution in [2.75, 3.05) is 67.0 Å². The van der Waals surface area contributed by atoms with Crippen molar-refractivity contribution in [3.8, 4) is 5.75 Å². The first-order chi connectivity index (χ1) is 24.3. The molecule has 7 rings (SSSR count). The number of anilines is 5. The smallest absolute Gasteiger partial charge is 0.247 e. The molecule has 3 aliphatic heterocycles. The van der Waals surface area contributed by atoms with Gasteiger partial charge in [-0.1, -0.05) is 30.3 Å². The van der Waals surface area contributed by atoms with Gasteiger partial charge in [0.1, 0.15) is 17.9 Å². The monoisotopic (exact) mass is 700 g/mol. The lowest BCUT2D eigenvalue weighted by molar-refractivity contribution is -0.111. The SMILES string of the molecule is C=CC(=O)Nc1cc(Nc2cc(N3OCC[C@@H]3Cc3cccc(Cl)c3C)ncn2)c(OC)cc1N1CCC(N2CCN(C3CC3)[C@@H](C)C2)CC1. The summed E-state index contributed by atoms with van der Waals surface area (Å²) >= 11 is 6.41. The third-order valence-electron chi connectivity index (χ3n) is 10.8. The van der Waals surface area contributed by atoms with Crippen LogP contribution < -0.4 is 25.3 Å². The number of amides is 1. The van der Waals surface area contributed by atoms with Crippen molar-refractivity contribution in [2.24, 2.45) is 0 Å². The van der Waals surface area contributed by atoms with Crippen LogP contribution in [-0.2, 0) is 16.1 Å². The number of piperidine rings is 1. The Morgan fingerprint density at radius 3 is 2.62 bits per heavy atom. The van der Waals surface area contributed by atoms with Gasteiger partial charge in [0.05, 0.1) is 36.8 Å². The maximum absolute atomic E-state index is 12.6. The number of carbonyl (C=O) groups excluding carboxylic acids is 1. The molecular formula is C38H49ClN8O3. The number of hydrogen-bond acceptors (Lipinski definition) is 10. The zero-order valence-corrected chi connectivity index (χ0v) is 30.2. The van der Waals surface area contributed by atoms with Gasteiger partial charge in [-0.05, 0) is 81.7 Å². The molecular weight excluding hydrogens is 652 g/mol. The van der Waals surface area contributed by atoms with Crippen molar-refractivity contribution >= 4 is 46.2 Å². The molecule has 1 aromatic heterocycles. The minimum Gasteiger partial charge on any atom is -0.494 e. The van der Waals surface area contributed by atoms with Gasteiger partial charge in [0.25, 0.3) is 0 Å². The molecule has 2 aromatic carbocycles. The fraction of sp³-hybridized carbons (Fsp3) is 0.500. The predicted molar refractivity (Wildman–Crippen MR) is 200 cm³/mol. The van der Waals surface area contributed by atoms with Gasteiger partial charge in [0.2, 0.25) is 5.91 Å². The molecule has 50 heavy (non-hydrogen) atoms. The van der Waals surface area contributed by atoms with Gasteiger partial charge < -0.3 is 20.3 Å². The average molecular weight is 701 g/mol. The van der Waals surface area contributed by atoms with Crippen molar-refractivity contribution in [1.29, 1.82) is 0 Å². The molecule has 4 heterocycles. The number of aromatic nitrogens is 2. The Labute approximate surface area is 300 Å². The minimum absolute atomic E-state index is 0.101. The average Bonchev–Trinajstić information content (AvgIpc) is 3.87. The highest BCUT2D eigenvalue weighted by atomic mass is 35.5. The Morgan fingerprint density at radius 2 is 1.88 bits per heavy atom. The number of rotatable bonds is 11. The molecule has 2 atom stereocenters. The summed E-state index contributed by atoms with van der Waals surface area (Å²) in [6, 6.07) is 13.9. The first-order valence-electron chi connectivity index (χ1n) is 18.0. The van der Waals surface area contributed by atoms with E-state index in [1.54, 1.807) is 7.11 Å². The van der Waals surface area contributed by atoms with Crippen molar-refractivity contribution in [2.45, 2.75) is 76.5 Å². The molecule has 3 aromatic rings. The van der Waals surface area contributed by atoms with E-state index >= 15 is 0 Å². The van der Waals surface area contributed by atoms with E-state index in [1.165, 1.54) is 37.4 Å². The second-order valence-electron chi connectivity index (χ2n) is 14.0. The Balaban J connectivity index is 1.07. The van der Waals surface area contributed by atoms with E-state index in [0.717, 1.165) is 74.2 Å². The van der Waals surface area contributed by atoms with E-state index in [2.05, 4.69) is 61.8 Å². The standard InChI is InChI=1S/C38H49ClN8O3/c1-5-38(48)43-32-20-33(42-36-22-37(41-24-40-36)47-30(13-18-50-47)19-27-7-6-8-31(39)26(27)3)35(49-4)21-34(32)44-14-11-28(12-15-44)45-16-17-46(25(2)23-45)29-9-10-29/h5-8,20-22,24-25,28-30H,1,9-19,23H2,2-4H3,(H,43,48)(H,40,41,42)/t25-,30+/m0/s1. The van der Waals surface area contributed by atoms with E-state index in [1.807, 2.05) is 35.4 Å². The second-order valence-corrected chi connectivity index (χ2v) is 14.4. The van der Waals surface area contributed by atoms with Gasteiger partial charge in [-0.3, -0.25) is 19.4 Å². The van der Waals surface area contributed by atoms with Gasteiger partial charge in [0.15, 0.2) is 5.82 Å². The number of benzene rings is 2. The number of hydrogen-bond donors (Lipinski definition) is 2. The van der Waals surface area contributed by atoms with Crippen molar-refractivity contribution < 1.29 is 14.4 Å².